The maximum absolute atomic E-state index is 11.1. The fourth-order valence-electron chi connectivity index (χ4n) is 2.18. The van der Waals surface area contributed by atoms with Gasteiger partial charge in [-0.25, -0.2) is 9.78 Å². The molecule has 0 aromatic carbocycles. The van der Waals surface area contributed by atoms with Crippen LogP contribution >= 0.6 is 0 Å². The Kier molecular flexibility index (Phi) is 3.73. The lowest BCUT2D eigenvalue weighted by Gasteiger charge is -2.47. The number of ether oxygens (including phenoxy) is 1. The molecule has 0 bridgehead atoms. The van der Waals surface area contributed by atoms with Gasteiger partial charge in [0.2, 0.25) is 5.82 Å². The molecular formula is C12H12N4O5. The van der Waals surface area contributed by atoms with E-state index in [1.54, 1.807) is 17.9 Å². The summed E-state index contributed by atoms with van der Waals surface area (Å²) < 4.78 is 5.23. The molecule has 1 aromatic heterocycles. The number of hydrogen-bond acceptors (Lipinski definition) is 7. The Hall–Kier alpha value is -2.73. The van der Waals surface area contributed by atoms with Gasteiger partial charge in [0.05, 0.1) is 18.0 Å². The van der Waals surface area contributed by atoms with E-state index in [-0.39, 0.29) is 30.2 Å². The Morgan fingerprint density at radius 2 is 2.38 bits per heavy atom. The zero-order valence-electron chi connectivity index (χ0n) is 11.1. The number of nitro groups is 1. The number of carbonyl (C=O) groups is 1. The average molecular weight is 292 g/mol. The highest BCUT2D eigenvalue weighted by Gasteiger charge is 2.43. The molecule has 21 heavy (non-hydrogen) atoms. The second-order valence-corrected chi connectivity index (χ2v) is 4.89. The van der Waals surface area contributed by atoms with Gasteiger partial charge in [-0.15, -0.1) is 0 Å². The predicted octanol–water partition coefficient (Wildman–Crippen LogP) is 0.541. The third-order valence-electron chi connectivity index (χ3n) is 3.10. The molecule has 110 valence electrons. The zero-order valence-corrected chi connectivity index (χ0v) is 11.1. The molecule has 1 fully saturated rings. The van der Waals surface area contributed by atoms with Crippen LogP contribution in [0.15, 0.2) is 12.3 Å². The number of pyridine rings is 1. The van der Waals surface area contributed by atoms with Gasteiger partial charge in [-0.05, 0) is 13.0 Å². The van der Waals surface area contributed by atoms with Crippen LogP contribution in [0.25, 0.3) is 0 Å². The number of rotatable bonds is 5. The summed E-state index contributed by atoms with van der Waals surface area (Å²) in [5.74, 6) is -0.985. The fourth-order valence-corrected chi connectivity index (χ4v) is 2.18. The molecule has 0 radical (unpaired) electrons. The van der Waals surface area contributed by atoms with E-state index in [1.807, 2.05) is 0 Å². The summed E-state index contributed by atoms with van der Waals surface area (Å²) in [5.41, 5.74) is -1.11. The predicted molar refractivity (Wildman–Crippen MR) is 69.8 cm³/mol. The van der Waals surface area contributed by atoms with Crippen LogP contribution in [0, 0.1) is 21.4 Å². The van der Waals surface area contributed by atoms with Crippen molar-refractivity contribution in [2.75, 3.05) is 24.6 Å². The van der Waals surface area contributed by atoms with E-state index in [2.05, 4.69) is 4.98 Å². The molecule has 1 N–H and O–H groups in total. The molecule has 0 aliphatic carbocycles. The minimum Gasteiger partial charge on any atom is -0.480 e. The number of nitrogens with zero attached hydrogens (tertiary/aromatic N) is 4. The van der Waals surface area contributed by atoms with Gasteiger partial charge >= 0.3 is 11.7 Å². The summed E-state index contributed by atoms with van der Waals surface area (Å²) in [6, 6.07) is 3.04. The van der Waals surface area contributed by atoms with Crippen molar-refractivity contribution < 1.29 is 19.6 Å². The van der Waals surface area contributed by atoms with Crippen LogP contribution in [-0.4, -0.2) is 46.3 Å². The molecule has 1 aliphatic rings. The van der Waals surface area contributed by atoms with Crippen molar-refractivity contribution in [3.05, 3.63) is 27.9 Å². The first-order valence-corrected chi connectivity index (χ1v) is 6.00. The summed E-state index contributed by atoms with van der Waals surface area (Å²) in [6.45, 7) is 1.82. The second kappa shape index (κ2) is 5.34. The minimum atomic E-state index is -1.08. The van der Waals surface area contributed by atoms with Gasteiger partial charge < -0.3 is 14.7 Å². The van der Waals surface area contributed by atoms with Crippen molar-refractivity contribution in [3.8, 4) is 6.07 Å². The summed E-state index contributed by atoms with van der Waals surface area (Å²) in [6.07, 6.45) is 1.33. The van der Waals surface area contributed by atoms with Gasteiger partial charge in [0.25, 0.3) is 0 Å². The Balaban J connectivity index is 2.18. The number of aromatic nitrogens is 1. The van der Waals surface area contributed by atoms with Crippen molar-refractivity contribution in [1.82, 2.24) is 4.98 Å². The molecule has 1 saturated heterocycles. The zero-order chi connectivity index (χ0) is 15.6. The minimum absolute atomic E-state index is 0.0648. The van der Waals surface area contributed by atoms with E-state index >= 15 is 0 Å². The third kappa shape index (κ3) is 2.90. The molecule has 1 aliphatic heterocycles. The Morgan fingerprint density at radius 3 is 2.90 bits per heavy atom. The van der Waals surface area contributed by atoms with Crippen molar-refractivity contribution in [3.63, 3.8) is 0 Å². The molecule has 2 rings (SSSR count). The molecule has 0 amide bonds. The van der Waals surface area contributed by atoms with Gasteiger partial charge in [0.1, 0.15) is 23.8 Å². The molecule has 0 atom stereocenters. The molecule has 0 spiro atoms. The molecule has 0 saturated carbocycles. The lowest BCUT2D eigenvalue weighted by molar-refractivity contribution is -0.384. The van der Waals surface area contributed by atoms with Crippen LogP contribution < -0.4 is 4.90 Å². The lowest BCUT2D eigenvalue weighted by atomic mass is 9.96. The van der Waals surface area contributed by atoms with Crippen LogP contribution in [0.2, 0.25) is 0 Å². The Labute approximate surface area is 119 Å². The van der Waals surface area contributed by atoms with E-state index in [1.165, 1.54) is 12.3 Å². The summed E-state index contributed by atoms with van der Waals surface area (Å²) in [5, 5.41) is 28.6. The Bertz CT molecular complexity index is 633. The van der Waals surface area contributed by atoms with Crippen LogP contribution in [0.4, 0.5) is 11.5 Å². The second-order valence-electron chi connectivity index (χ2n) is 4.89. The van der Waals surface area contributed by atoms with E-state index in [4.69, 9.17) is 15.1 Å². The third-order valence-corrected chi connectivity index (χ3v) is 3.10. The number of carboxylic acids is 1. The van der Waals surface area contributed by atoms with Crippen LogP contribution in [-0.2, 0) is 9.53 Å². The first kappa shape index (κ1) is 14.7. The maximum Gasteiger partial charge on any atom is 0.329 e. The number of hydrogen-bond donors (Lipinski definition) is 1. The van der Waals surface area contributed by atoms with Crippen LogP contribution in [0.3, 0.4) is 0 Å². The first-order valence-electron chi connectivity index (χ1n) is 6.00. The summed E-state index contributed by atoms with van der Waals surface area (Å²) in [7, 11) is 0. The highest BCUT2D eigenvalue weighted by molar-refractivity contribution is 5.68. The van der Waals surface area contributed by atoms with E-state index < -0.39 is 23.1 Å². The van der Waals surface area contributed by atoms with Gasteiger partial charge in [-0.1, -0.05) is 0 Å². The SMILES string of the molecule is CC1(OCC(=O)O)CN(c2nccc(C#N)c2[N+](=O)[O-])C1. The molecule has 9 nitrogen and oxygen atoms in total. The average Bonchev–Trinajstić information content (AvgIpc) is 2.41. The van der Waals surface area contributed by atoms with E-state index in [0.29, 0.717) is 0 Å². The van der Waals surface area contributed by atoms with E-state index in [9.17, 15) is 14.9 Å². The number of anilines is 1. The largest absolute Gasteiger partial charge is 0.480 e. The lowest BCUT2D eigenvalue weighted by Crippen LogP contribution is -2.62. The van der Waals surface area contributed by atoms with Crippen LogP contribution in [0.1, 0.15) is 12.5 Å². The van der Waals surface area contributed by atoms with Gasteiger partial charge in [0, 0.05) is 6.20 Å². The van der Waals surface area contributed by atoms with Crippen LogP contribution in [0.5, 0.6) is 0 Å². The highest BCUT2D eigenvalue weighted by atomic mass is 16.6. The Morgan fingerprint density at radius 1 is 1.71 bits per heavy atom. The number of carboxylic acid groups (broad SMARTS) is 1. The normalized spacial score (nSPS) is 15.9. The summed E-state index contributed by atoms with van der Waals surface area (Å²) >= 11 is 0. The standard InChI is InChI=1S/C12H12N4O5/c1-12(21-5-9(17)18)6-15(7-12)11-10(16(19)20)8(4-13)2-3-14-11/h2-3H,5-7H2,1H3,(H,17,18). The molecular weight excluding hydrogens is 280 g/mol. The number of nitriles is 1. The monoisotopic (exact) mass is 292 g/mol. The summed E-state index contributed by atoms with van der Waals surface area (Å²) in [4.78, 5) is 26.5. The van der Waals surface area contributed by atoms with Crippen molar-refractivity contribution in [2.45, 2.75) is 12.5 Å². The quantitative estimate of drug-likeness (QED) is 0.614. The smallest absolute Gasteiger partial charge is 0.329 e. The fraction of sp³-hybridized carbons (Fsp3) is 0.417. The van der Waals surface area contributed by atoms with Gasteiger partial charge in [0.15, 0.2) is 0 Å². The van der Waals surface area contributed by atoms with E-state index in [0.717, 1.165) is 0 Å². The number of aliphatic carboxylic acids is 1. The molecule has 1 aromatic rings. The van der Waals surface area contributed by atoms with Gasteiger partial charge in [-0.3, -0.25) is 10.1 Å². The van der Waals surface area contributed by atoms with Gasteiger partial charge in [-0.2, -0.15) is 5.26 Å². The molecule has 9 heteroatoms. The van der Waals surface area contributed by atoms with Crippen molar-refractivity contribution in [1.29, 1.82) is 5.26 Å². The topological polar surface area (TPSA) is 130 Å². The first-order chi connectivity index (χ1) is 9.86. The maximum atomic E-state index is 11.1. The van der Waals surface area contributed by atoms with Crippen molar-refractivity contribution in [2.24, 2.45) is 0 Å². The van der Waals surface area contributed by atoms with Crippen molar-refractivity contribution >= 4 is 17.5 Å². The highest BCUT2D eigenvalue weighted by Crippen LogP contribution is 2.36. The molecule has 2 heterocycles. The molecule has 0 unspecified atom stereocenters.